The van der Waals surface area contributed by atoms with Gasteiger partial charge in [0.2, 0.25) is 5.91 Å². The first-order chi connectivity index (χ1) is 18.8. The van der Waals surface area contributed by atoms with Gasteiger partial charge in [-0.25, -0.2) is 18.4 Å². The van der Waals surface area contributed by atoms with Gasteiger partial charge in [-0.05, 0) is 36.8 Å². The number of hydrogen-bond donors (Lipinski definition) is 2. The number of hydrogen-bond acceptors (Lipinski definition) is 7. The summed E-state index contributed by atoms with van der Waals surface area (Å²) in [5.41, 5.74) is 0.377. The molecule has 2 N–H and O–H groups in total. The summed E-state index contributed by atoms with van der Waals surface area (Å²) in [6.07, 6.45) is -1.52. The van der Waals surface area contributed by atoms with Crippen molar-refractivity contribution >= 4 is 40.7 Å². The molecule has 8 nitrogen and oxygen atoms in total. The fourth-order valence-corrected chi connectivity index (χ4v) is 5.25. The number of anilines is 1. The molecule has 0 bridgehead atoms. The van der Waals surface area contributed by atoms with Crippen molar-refractivity contribution in [1.82, 2.24) is 20.1 Å². The van der Waals surface area contributed by atoms with Crippen molar-refractivity contribution in [2.75, 3.05) is 23.9 Å². The molecule has 1 aromatic carbocycles. The Bertz CT molecular complexity index is 1370. The number of rotatable bonds is 11. The maximum absolute atomic E-state index is 13.1. The second kappa shape index (κ2) is 12.1. The highest BCUT2D eigenvalue weighted by molar-refractivity contribution is 7.99. The van der Waals surface area contributed by atoms with Crippen LogP contribution in [0.1, 0.15) is 45.7 Å². The van der Waals surface area contributed by atoms with Crippen molar-refractivity contribution in [1.29, 1.82) is 0 Å². The van der Waals surface area contributed by atoms with Crippen LogP contribution in [0.5, 0.6) is 5.75 Å². The average Bonchev–Trinajstić information content (AvgIpc) is 3.47. The van der Waals surface area contributed by atoms with Crippen LogP contribution in [-0.4, -0.2) is 57.2 Å². The molecule has 15 heteroatoms. The largest absolute Gasteiger partial charge is 0.487 e. The van der Waals surface area contributed by atoms with Gasteiger partial charge < -0.3 is 15.4 Å². The van der Waals surface area contributed by atoms with Crippen LogP contribution in [0.2, 0.25) is 0 Å². The molecule has 3 aromatic rings. The molecule has 0 fully saturated rings. The van der Waals surface area contributed by atoms with Gasteiger partial charge in [0, 0.05) is 24.8 Å². The number of nitrogens with one attached hydrogen (secondary N) is 2. The van der Waals surface area contributed by atoms with Crippen LogP contribution in [0.4, 0.5) is 27.8 Å². The van der Waals surface area contributed by atoms with E-state index in [1.165, 1.54) is 16.4 Å². The highest BCUT2D eigenvalue weighted by atomic mass is 32.2. The number of ether oxygens (including phenoxy) is 1. The third-order valence-corrected chi connectivity index (χ3v) is 7.24. The zero-order chi connectivity index (χ0) is 29.1. The lowest BCUT2D eigenvalue weighted by atomic mass is 9.96. The van der Waals surface area contributed by atoms with Gasteiger partial charge in [0.05, 0.1) is 18.0 Å². The third-order valence-electron chi connectivity index (χ3n) is 5.86. The molecule has 0 saturated carbocycles. The second-order valence-corrected chi connectivity index (χ2v) is 11.2. The number of halogens is 5. The predicted molar refractivity (Wildman–Crippen MR) is 141 cm³/mol. The molecular formula is C25H26F5N5O3S2. The minimum atomic E-state index is -4.59. The predicted octanol–water partition coefficient (Wildman–Crippen LogP) is 5.03. The van der Waals surface area contributed by atoms with Crippen LogP contribution in [0.3, 0.4) is 0 Å². The zero-order valence-electron chi connectivity index (χ0n) is 21.5. The van der Waals surface area contributed by atoms with Gasteiger partial charge in [0.15, 0.2) is 12.3 Å². The van der Waals surface area contributed by atoms with Crippen LogP contribution in [0.15, 0.2) is 29.6 Å². The fourth-order valence-electron chi connectivity index (χ4n) is 4.13. The van der Waals surface area contributed by atoms with E-state index in [4.69, 9.17) is 4.74 Å². The van der Waals surface area contributed by atoms with Gasteiger partial charge in [0.1, 0.15) is 22.1 Å². The molecule has 0 spiro atoms. The molecule has 0 saturated heterocycles. The first kappa shape index (κ1) is 29.8. The lowest BCUT2D eigenvalue weighted by molar-refractivity contribution is -0.140. The zero-order valence-corrected chi connectivity index (χ0v) is 23.1. The van der Waals surface area contributed by atoms with E-state index in [0.717, 1.165) is 29.2 Å². The van der Waals surface area contributed by atoms with Gasteiger partial charge in [-0.1, -0.05) is 12.1 Å². The minimum absolute atomic E-state index is 0.103. The monoisotopic (exact) mass is 603 g/mol. The Kier molecular flexibility index (Phi) is 9.02. The molecule has 4 rings (SSSR count). The van der Waals surface area contributed by atoms with Crippen molar-refractivity contribution in [3.05, 3.63) is 57.2 Å². The van der Waals surface area contributed by atoms with Crippen LogP contribution in [0, 0.1) is 0 Å². The topological polar surface area (TPSA) is 98.1 Å². The SMILES string of the molecule is CSCC(=O)Nc1c2c(nn1Cc1nc(C(F)(F)F)cs1)C[C@H](CCc1cccc(OCC(C)(F)F)c1)NC2=O. The van der Waals surface area contributed by atoms with Crippen LogP contribution in [0.25, 0.3) is 0 Å². The molecule has 216 valence electrons. The Morgan fingerprint density at radius 2 is 2.08 bits per heavy atom. The van der Waals surface area contributed by atoms with E-state index in [2.05, 4.69) is 20.7 Å². The fraction of sp³-hybridized carbons (Fsp3) is 0.440. The normalized spacial score (nSPS) is 15.5. The molecule has 3 heterocycles. The first-order valence-electron chi connectivity index (χ1n) is 12.1. The van der Waals surface area contributed by atoms with E-state index >= 15 is 0 Å². The van der Waals surface area contributed by atoms with Crippen molar-refractivity contribution in [2.24, 2.45) is 0 Å². The lowest BCUT2D eigenvalue weighted by Crippen LogP contribution is -2.41. The Morgan fingerprint density at radius 1 is 1.30 bits per heavy atom. The lowest BCUT2D eigenvalue weighted by Gasteiger charge is -2.23. The Morgan fingerprint density at radius 3 is 2.75 bits per heavy atom. The number of fused-ring (bicyclic) bond motifs is 1. The van der Waals surface area contributed by atoms with Crippen LogP contribution >= 0.6 is 23.1 Å². The molecule has 1 aliphatic rings. The number of benzene rings is 1. The van der Waals surface area contributed by atoms with E-state index in [1.54, 1.807) is 24.5 Å². The van der Waals surface area contributed by atoms with E-state index in [0.29, 0.717) is 30.7 Å². The van der Waals surface area contributed by atoms with Gasteiger partial charge in [-0.15, -0.1) is 11.3 Å². The summed E-state index contributed by atoms with van der Waals surface area (Å²) >= 11 is 2.08. The number of amides is 2. The molecule has 0 radical (unpaired) electrons. The van der Waals surface area contributed by atoms with Crippen LogP contribution < -0.4 is 15.4 Å². The van der Waals surface area contributed by atoms with Gasteiger partial charge in [0.25, 0.3) is 11.8 Å². The molecule has 1 aliphatic heterocycles. The van der Waals surface area contributed by atoms with Gasteiger partial charge >= 0.3 is 6.18 Å². The van der Waals surface area contributed by atoms with Crippen LogP contribution in [-0.2, 0) is 30.4 Å². The number of carbonyl (C=O) groups is 2. The number of carbonyl (C=O) groups excluding carboxylic acids is 2. The van der Waals surface area contributed by atoms with E-state index in [-0.39, 0.29) is 40.6 Å². The van der Waals surface area contributed by atoms with Crippen molar-refractivity contribution in [2.45, 2.75) is 50.9 Å². The summed E-state index contributed by atoms with van der Waals surface area (Å²) in [5, 5.41) is 11.1. The van der Waals surface area contributed by atoms with E-state index < -0.39 is 30.3 Å². The van der Waals surface area contributed by atoms with Crippen molar-refractivity contribution < 1.29 is 36.3 Å². The number of aromatic nitrogens is 3. The number of aryl methyl sites for hydroxylation is 1. The maximum atomic E-state index is 13.1. The minimum Gasteiger partial charge on any atom is -0.487 e. The second-order valence-electron chi connectivity index (χ2n) is 9.35. The summed E-state index contributed by atoms with van der Waals surface area (Å²) in [7, 11) is 0. The highest BCUT2D eigenvalue weighted by Crippen LogP contribution is 2.32. The number of alkyl halides is 5. The smallest absolute Gasteiger partial charge is 0.434 e. The van der Waals surface area contributed by atoms with E-state index in [1.807, 2.05) is 6.07 Å². The van der Waals surface area contributed by atoms with Crippen molar-refractivity contribution in [3.8, 4) is 5.75 Å². The number of thiazole rings is 1. The van der Waals surface area contributed by atoms with Gasteiger partial charge in [-0.2, -0.15) is 30.0 Å². The molecular weight excluding hydrogens is 577 g/mol. The first-order valence-corrected chi connectivity index (χ1v) is 14.4. The number of nitrogens with zero attached hydrogens (tertiary/aromatic N) is 3. The van der Waals surface area contributed by atoms with Gasteiger partial charge in [-0.3, -0.25) is 9.59 Å². The Hall–Kier alpha value is -3.20. The number of thioether (sulfide) groups is 1. The Balaban J connectivity index is 1.51. The molecule has 1 atom stereocenters. The molecule has 40 heavy (non-hydrogen) atoms. The molecule has 2 aromatic heterocycles. The third kappa shape index (κ3) is 7.71. The summed E-state index contributed by atoms with van der Waals surface area (Å²) in [6.45, 7) is -0.131. The molecule has 0 aliphatic carbocycles. The highest BCUT2D eigenvalue weighted by Gasteiger charge is 2.35. The average molecular weight is 604 g/mol. The Labute approximate surface area is 234 Å². The molecule has 2 amide bonds. The molecule has 0 unspecified atom stereocenters. The van der Waals surface area contributed by atoms with E-state index in [9.17, 15) is 31.5 Å². The summed E-state index contributed by atoms with van der Waals surface area (Å²) in [6, 6.07) is 6.45. The summed E-state index contributed by atoms with van der Waals surface area (Å²) in [4.78, 5) is 29.1. The standard InChI is InChI=1S/C25H26F5N5O3S2/c1-24(26,27)13-38-16-5-3-4-14(8-16)6-7-15-9-17-21(23(37)31-15)22(33-19(36)12-39-2)35(34-17)10-20-32-18(11-40-20)25(28,29)30/h3-5,8,11,15H,6-7,9-10,12-13H2,1-2H3,(H,31,37)(H,33,36)/t15-/m0/s1. The summed E-state index contributed by atoms with van der Waals surface area (Å²) < 4.78 is 71.8. The van der Waals surface area contributed by atoms with Crippen molar-refractivity contribution in [3.63, 3.8) is 0 Å². The summed E-state index contributed by atoms with van der Waals surface area (Å²) in [5.74, 6) is -3.28. The maximum Gasteiger partial charge on any atom is 0.434 e. The quantitative estimate of drug-likeness (QED) is 0.299.